The number of carbonyl (C=O) groups is 1. The number of hydrogen-bond donors (Lipinski definition) is 1. The Labute approximate surface area is 77.8 Å². The van der Waals surface area contributed by atoms with Crippen LogP contribution in [0, 0.1) is 0 Å². The third kappa shape index (κ3) is 2.65. The Balaban J connectivity index is 2.48. The van der Waals surface area contributed by atoms with E-state index in [1.165, 1.54) is 0 Å². The van der Waals surface area contributed by atoms with Gasteiger partial charge >= 0.3 is 0 Å². The topological polar surface area (TPSA) is 53.0 Å². The zero-order valence-electron chi connectivity index (χ0n) is 7.90. The molecule has 1 amide bonds. The summed E-state index contributed by atoms with van der Waals surface area (Å²) < 4.78 is 5.17. The zero-order valence-corrected chi connectivity index (χ0v) is 7.90. The smallest absolute Gasteiger partial charge is 0.262 e. The summed E-state index contributed by atoms with van der Waals surface area (Å²) >= 11 is 0. The molecule has 0 radical (unpaired) electrons. The number of carbonyl (C=O) groups excluding carboxylic acids is 1. The van der Waals surface area contributed by atoms with E-state index < -0.39 is 6.61 Å². The lowest BCUT2D eigenvalue weighted by molar-refractivity contribution is -0.159. The van der Waals surface area contributed by atoms with Gasteiger partial charge < -0.3 is 9.84 Å². The molecule has 0 aromatic heterocycles. The summed E-state index contributed by atoms with van der Waals surface area (Å²) in [7, 11) is 0. The summed E-state index contributed by atoms with van der Waals surface area (Å²) in [6.07, 6.45) is 0. The molecule has 0 aromatic rings. The van der Waals surface area contributed by atoms with Gasteiger partial charge in [-0.2, -0.15) is 0 Å². The molecule has 0 unspecified atom stereocenters. The van der Waals surface area contributed by atoms with Gasteiger partial charge in [-0.15, -0.1) is 0 Å². The van der Waals surface area contributed by atoms with Gasteiger partial charge in [0.25, 0.3) is 5.91 Å². The summed E-state index contributed by atoms with van der Waals surface area (Å²) in [6.45, 7) is 4.80. The van der Waals surface area contributed by atoms with Crippen molar-refractivity contribution >= 4 is 5.91 Å². The fourth-order valence-corrected chi connectivity index (χ4v) is 1.41. The lowest BCUT2D eigenvalue weighted by Crippen LogP contribution is -2.52. The van der Waals surface area contributed by atoms with E-state index in [0.717, 1.165) is 13.1 Å². The van der Waals surface area contributed by atoms with E-state index in [4.69, 9.17) is 9.84 Å². The SMILES string of the molecule is CCN(C(=O)CO)N1CCOCC1. The highest BCUT2D eigenvalue weighted by Gasteiger charge is 2.20. The molecule has 0 spiro atoms. The first kappa shape index (κ1) is 10.4. The number of hydrazine groups is 1. The molecule has 1 rings (SSSR count). The molecular formula is C8H16N2O3. The Morgan fingerprint density at radius 2 is 2.15 bits per heavy atom. The maximum atomic E-state index is 11.2. The van der Waals surface area contributed by atoms with E-state index in [1.807, 2.05) is 11.9 Å². The molecule has 0 atom stereocenters. The van der Waals surface area contributed by atoms with Crippen LogP contribution in [0.4, 0.5) is 0 Å². The Hall–Kier alpha value is -0.650. The number of likely N-dealkylation sites (N-methyl/N-ethyl adjacent to an activating group) is 1. The van der Waals surface area contributed by atoms with Crippen molar-refractivity contribution in [2.24, 2.45) is 0 Å². The highest BCUT2D eigenvalue weighted by molar-refractivity contribution is 5.76. The molecule has 76 valence electrons. The van der Waals surface area contributed by atoms with Crippen molar-refractivity contribution in [1.29, 1.82) is 0 Å². The van der Waals surface area contributed by atoms with Crippen LogP contribution in [0.25, 0.3) is 0 Å². The normalized spacial score (nSPS) is 18.6. The Morgan fingerprint density at radius 1 is 1.54 bits per heavy atom. The van der Waals surface area contributed by atoms with Crippen LogP contribution in [0.1, 0.15) is 6.92 Å². The van der Waals surface area contributed by atoms with Crippen molar-refractivity contribution in [2.45, 2.75) is 6.92 Å². The predicted octanol–water partition coefficient (Wildman–Crippen LogP) is -0.926. The quantitative estimate of drug-likeness (QED) is 0.622. The molecule has 0 aliphatic carbocycles. The number of aliphatic hydroxyl groups is 1. The van der Waals surface area contributed by atoms with Crippen LogP contribution >= 0.6 is 0 Å². The number of morpholine rings is 1. The predicted molar refractivity (Wildman–Crippen MR) is 46.9 cm³/mol. The molecule has 5 nitrogen and oxygen atoms in total. The Bertz CT molecular complexity index is 169. The molecule has 1 aliphatic heterocycles. The maximum absolute atomic E-state index is 11.2. The summed E-state index contributed by atoms with van der Waals surface area (Å²) in [5.74, 6) is -0.246. The van der Waals surface area contributed by atoms with Crippen LogP contribution in [0.2, 0.25) is 0 Å². The number of rotatable bonds is 3. The second kappa shape index (κ2) is 5.16. The van der Waals surface area contributed by atoms with Gasteiger partial charge in [-0.1, -0.05) is 0 Å². The first-order valence-corrected chi connectivity index (χ1v) is 4.53. The minimum absolute atomic E-state index is 0.246. The third-order valence-electron chi connectivity index (χ3n) is 2.05. The molecular weight excluding hydrogens is 172 g/mol. The van der Waals surface area contributed by atoms with E-state index in [-0.39, 0.29) is 5.91 Å². The first-order valence-electron chi connectivity index (χ1n) is 4.53. The van der Waals surface area contributed by atoms with Gasteiger partial charge in [0.1, 0.15) is 6.61 Å². The molecule has 0 aromatic carbocycles. The van der Waals surface area contributed by atoms with Gasteiger partial charge in [-0.25, -0.2) is 5.01 Å². The number of amides is 1. The highest BCUT2D eigenvalue weighted by Crippen LogP contribution is 2.02. The standard InChI is InChI=1S/C8H16N2O3/c1-2-10(8(12)7-11)9-3-5-13-6-4-9/h11H,2-7H2,1H3. The van der Waals surface area contributed by atoms with Crippen molar-refractivity contribution in [1.82, 2.24) is 10.0 Å². The van der Waals surface area contributed by atoms with Gasteiger partial charge in [0.05, 0.1) is 13.2 Å². The van der Waals surface area contributed by atoms with E-state index >= 15 is 0 Å². The van der Waals surface area contributed by atoms with Crippen LogP contribution in [0.3, 0.4) is 0 Å². The average molecular weight is 188 g/mol. The van der Waals surface area contributed by atoms with Gasteiger partial charge in [-0.05, 0) is 6.92 Å². The minimum Gasteiger partial charge on any atom is -0.386 e. The molecule has 1 heterocycles. The average Bonchev–Trinajstić information content (AvgIpc) is 2.20. The number of ether oxygens (including phenoxy) is 1. The molecule has 5 heteroatoms. The van der Waals surface area contributed by atoms with Gasteiger partial charge in [0, 0.05) is 19.6 Å². The van der Waals surface area contributed by atoms with Crippen molar-refractivity contribution in [3.8, 4) is 0 Å². The molecule has 0 bridgehead atoms. The van der Waals surface area contributed by atoms with Crippen LogP contribution in [0.15, 0.2) is 0 Å². The molecule has 1 aliphatic rings. The van der Waals surface area contributed by atoms with Crippen molar-refractivity contribution < 1.29 is 14.6 Å². The van der Waals surface area contributed by atoms with Gasteiger partial charge in [-0.3, -0.25) is 9.80 Å². The Morgan fingerprint density at radius 3 is 2.62 bits per heavy atom. The first-order chi connectivity index (χ1) is 6.29. The fraction of sp³-hybridized carbons (Fsp3) is 0.875. The monoisotopic (exact) mass is 188 g/mol. The molecule has 1 saturated heterocycles. The fourth-order valence-electron chi connectivity index (χ4n) is 1.41. The molecule has 1 fully saturated rings. The lowest BCUT2D eigenvalue weighted by Gasteiger charge is -2.36. The van der Waals surface area contributed by atoms with Gasteiger partial charge in [0.15, 0.2) is 0 Å². The summed E-state index contributed by atoms with van der Waals surface area (Å²) in [6, 6.07) is 0. The number of hydrogen-bond acceptors (Lipinski definition) is 4. The number of nitrogens with zero attached hydrogens (tertiary/aromatic N) is 2. The van der Waals surface area contributed by atoms with E-state index in [2.05, 4.69) is 0 Å². The highest BCUT2D eigenvalue weighted by atomic mass is 16.5. The van der Waals surface area contributed by atoms with Crippen LogP contribution < -0.4 is 0 Å². The molecule has 13 heavy (non-hydrogen) atoms. The van der Waals surface area contributed by atoms with Gasteiger partial charge in [0.2, 0.25) is 0 Å². The summed E-state index contributed by atoms with van der Waals surface area (Å²) in [5, 5.41) is 12.2. The zero-order chi connectivity index (χ0) is 9.68. The third-order valence-corrected chi connectivity index (χ3v) is 2.05. The minimum atomic E-state index is -0.425. The second-order valence-electron chi connectivity index (χ2n) is 2.83. The van der Waals surface area contributed by atoms with E-state index in [1.54, 1.807) is 5.01 Å². The van der Waals surface area contributed by atoms with Crippen LogP contribution in [0.5, 0.6) is 0 Å². The van der Waals surface area contributed by atoms with Crippen LogP contribution in [-0.4, -0.2) is 60.5 Å². The molecule has 1 N–H and O–H groups in total. The largest absolute Gasteiger partial charge is 0.386 e. The van der Waals surface area contributed by atoms with Crippen molar-refractivity contribution in [2.75, 3.05) is 39.5 Å². The second-order valence-corrected chi connectivity index (χ2v) is 2.83. The van der Waals surface area contributed by atoms with Crippen LogP contribution in [-0.2, 0) is 9.53 Å². The van der Waals surface area contributed by atoms with E-state index in [9.17, 15) is 4.79 Å². The summed E-state index contributed by atoms with van der Waals surface area (Å²) in [5.41, 5.74) is 0. The van der Waals surface area contributed by atoms with Crippen molar-refractivity contribution in [3.63, 3.8) is 0 Å². The Kier molecular flexibility index (Phi) is 4.14. The lowest BCUT2D eigenvalue weighted by atomic mass is 10.4. The van der Waals surface area contributed by atoms with Crippen molar-refractivity contribution in [3.05, 3.63) is 0 Å². The number of aliphatic hydroxyl groups excluding tert-OH is 1. The summed E-state index contributed by atoms with van der Waals surface area (Å²) in [4.78, 5) is 11.2. The molecule has 0 saturated carbocycles. The van der Waals surface area contributed by atoms with E-state index in [0.29, 0.717) is 19.8 Å². The maximum Gasteiger partial charge on any atom is 0.262 e.